The predicted molar refractivity (Wildman–Crippen MR) is 102 cm³/mol. The molecule has 1 aromatic heterocycles. The van der Waals surface area contributed by atoms with Gasteiger partial charge in [-0.05, 0) is 69.0 Å². The molecule has 0 spiro atoms. The fourth-order valence-electron chi connectivity index (χ4n) is 2.38. The molecule has 0 bridgehead atoms. The van der Waals surface area contributed by atoms with Crippen molar-refractivity contribution in [2.75, 3.05) is 7.11 Å². The van der Waals surface area contributed by atoms with Gasteiger partial charge in [0.1, 0.15) is 22.4 Å². The van der Waals surface area contributed by atoms with Gasteiger partial charge < -0.3 is 9.47 Å². The summed E-state index contributed by atoms with van der Waals surface area (Å²) < 4.78 is 11.5. The van der Waals surface area contributed by atoms with Gasteiger partial charge in [0.2, 0.25) is 5.88 Å². The van der Waals surface area contributed by atoms with Gasteiger partial charge in [-0.15, -0.1) is 10.2 Å². The fraction of sp³-hybridized carbons (Fsp3) is 0.0500. The summed E-state index contributed by atoms with van der Waals surface area (Å²) in [5.74, 6) is 1.80. The molecule has 0 fully saturated rings. The van der Waals surface area contributed by atoms with E-state index >= 15 is 0 Å². The van der Waals surface area contributed by atoms with Crippen molar-refractivity contribution < 1.29 is 14.3 Å². The number of carbonyl (C=O) groups is 1. The lowest BCUT2D eigenvalue weighted by atomic mass is 9.97. The fourth-order valence-corrected chi connectivity index (χ4v) is 2.59. The Bertz CT molecular complexity index is 905. The number of carbonyl (C=O) groups excluding carboxylic acids is 1. The van der Waals surface area contributed by atoms with E-state index in [1.54, 1.807) is 19.2 Å². The number of aromatic nitrogens is 2. The van der Waals surface area contributed by atoms with Crippen molar-refractivity contribution in [2.24, 2.45) is 0 Å². The summed E-state index contributed by atoms with van der Waals surface area (Å²) >= 11 is 3.23. The summed E-state index contributed by atoms with van der Waals surface area (Å²) in [5.41, 5.74) is 2.64. The average molecular weight is 411 g/mol. The maximum Gasteiger partial charge on any atom is 0.238 e. The lowest BCUT2D eigenvalue weighted by molar-refractivity contribution is -0.104. The van der Waals surface area contributed by atoms with Crippen LogP contribution in [0.2, 0.25) is 0 Å². The Morgan fingerprint density at radius 1 is 0.885 bits per heavy atom. The second-order valence-electron chi connectivity index (χ2n) is 5.27. The zero-order valence-electron chi connectivity index (χ0n) is 13.9. The van der Waals surface area contributed by atoms with Crippen molar-refractivity contribution in [3.05, 3.63) is 82.5 Å². The Hall–Kier alpha value is -2.99. The SMILES string of the molecule is COc1ccc(/C(=C\C=O)c2ccc(Oc3ccc(Br)nn3)cc2)cc1. The average Bonchev–Trinajstić information content (AvgIpc) is 2.69. The zero-order valence-corrected chi connectivity index (χ0v) is 15.5. The highest BCUT2D eigenvalue weighted by molar-refractivity contribution is 9.10. The van der Waals surface area contributed by atoms with Crippen molar-refractivity contribution in [1.82, 2.24) is 10.2 Å². The molecule has 0 aliphatic rings. The van der Waals surface area contributed by atoms with E-state index in [4.69, 9.17) is 9.47 Å². The molecule has 2 aromatic carbocycles. The molecule has 3 rings (SSSR count). The molecule has 130 valence electrons. The number of benzene rings is 2. The van der Waals surface area contributed by atoms with Crippen LogP contribution in [-0.2, 0) is 4.79 Å². The molecule has 5 nitrogen and oxygen atoms in total. The molecule has 0 aliphatic carbocycles. The van der Waals surface area contributed by atoms with Crippen molar-refractivity contribution in [1.29, 1.82) is 0 Å². The lowest BCUT2D eigenvalue weighted by Crippen LogP contribution is -1.92. The summed E-state index contributed by atoms with van der Waals surface area (Å²) in [6, 6.07) is 18.4. The van der Waals surface area contributed by atoms with Crippen LogP contribution in [0, 0.1) is 0 Å². The molecule has 0 radical (unpaired) electrons. The molecule has 1 heterocycles. The standard InChI is InChI=1S/C20H15BrN2O3/c1-25-16-6-2-14(3-7-16)18(12-13-24)15-4-8-17(9-5-15)26-20-11-10-19(21)22-23-20/h2-13H,1H3/b18-12+. The number of allylic oxidation sites excluding steroid dienone is 1. The third-order valence-electron chi connectivity index (χ3n) is 3.63. The third kappa shape index (κ3) is 4.34. The predicted octanol–water partition coefficient (Wildman–Crippen LogP) is 4.67. The largest absolute Gasteiger partial charge is 0.497 e. The Balaban J connectivity index is 1.83. The van der Waals surface area contributed by atoms with Crippen LogP contribution in [0.1, 0.15) is 11.1 Å². The van der Waals surface area contributed by atoms with Crippen LogP contribution in [0.5, 0.6) is 17.4 Å². The molecule has 0 saturated carbocycles. The molecule has 3 aromatic rings. The van der Waals surface area contributed by atoms with Gasteiger partial charge in [0, 0.05) is 6.07 Å². The van der Waals surface area contributed by atoms with Crippen LogP contribution >= 0.6 is 15.9 Å². The van der Waals surface area contributed by atoms with Gasteiger partial charge in [0.05, 0.1) is 7.11 Å². The number of rotatable bonds is 6. The highest BCUT2D eigenvalue weighted by atomic mass is 79.9. The highest BCUT2D eigenvalue weighted by Gasteiger charge is 2.07. The molecule has 0 N–H and O–H groups in total. The molecule has 0 aliphatic heterocycles. The Morgan fingerprint density at radius 3 is 2.00 bits per heavy atom. The number of ether oxygens (including phenoxy) is 2. The normalized spacial score (nSPS) is 11.1. The molecule has 0 saturated heterocycles. The van der Waals surface area contributed by atoms with Gasteiger partial charge in [0.15, 0.2) is 0 Å². The van der Waals surface area contributed by atoms with Gasteiger partial charge in [-0.2, -0.15) is 0 Å². The van der Waals surface area contributed by atoms with Crippen molar-refractivity contribution in [3.63, 3.8) is 0 Å². The molecule has 26 heavy (non-hydrogen) atoms. The smallest absolute Gasteiger partial charge is 0.238 e. The Labute approximate surface area is 159 Å². The van der Waals surface area contributed by atoms with Gasteiger partial charge >= 0.3 is 0 Å². The van der Waals surface area contributed by atoms with Crippen LogP contribution < -0.4 is 9.47 Å². The van der Waals surface area contributed by atoms with Gasteiger partial charge in [0.25, 0.3) is 0 Å². The van der Waals surface area contributed by atoms with Gasteiger partial charge in [-0.3, -0.25) is 4.79 Å². The first-order valence-corrected chi connectivity index (χ1v) is 8.56. The maximum absolute atomic E-state index is 11.1. The molecule has 0 unspecified atom stereocenters. The second-order valence-corrected chi connectivity index (χ2v) is 6.08. The topological polar surface area (TPSA) is 61.3 Å². The Kier molecular flexibility index (Phi) is 5.76. The van der Waals surface area contributed by atoms with Gasteiger partial charge in [-0.25, -0.2) is 0 Å². The van der Waals surface area contributed by atoms with Crippen LogP contribution in [0.15, 0.2) is 71.3 Å². The number of halogens is 1. The first-order valence-electron chi connectivity index (χ1n) is 7.77. The number of methoxy groups -OCH3 is 1. The summed E-state index contributed by atoms with van der Waals surface area (Å²) in [5, 5.41) is 7.82. The van der Waals surface area contributed by atoms with Crippen LogP contribution in [0.25, 0.3) is 5.57 Å². The minimum Gasteiger partial charge on any atom is -0.497 e. The number of aldehydes is 1. The number of nitrogens with zero attached hydrogens (tertiary/aromatic N) is 2. The van der Waals surface area contributed by atoms with E-state index in [1.165, 1.54) is 6.08 Å². The monoisotopic (exact) mass is 410 g/mol. The molecule has 0 amide bonds. The quantitative estimate of drug-likeness (QED) is 0.436. The van der Waals surface area contributed by atoms with E-state index < -0.39 is 0 Å². The van der Waals surface area contributed by atoms with Gasteiger partial charge in [-0.1, -0.05) is 24.3 Å². The third-order valence-corrected chi connectivity index (χ3v) is 4.05. The summed E-state index contributed by atoms with van der Waals surface area (Å²) in [6.45, 7) is 0. The lowest BCUT2D eigenvalue weighted by Gasteiger charge is -2.10. The second kappa shape index (κ2) is 8.40. The first kappa shape index (κ1) is 17.8. The number of hydrogen-bond acceptors (Lipinski definition) is 5. The van der Waals surface area contributed by atoms with E-state index in [0.29, 0.717) is 16.2 Å². The van der Waals surface area contributed by atoms with E-state index in [1.807, 2.05) is 48.5 Å². The molecule has 6 heteroatoms. The molecule has 0 atom stereocenters. The van der Waals surface area contributed by atoms with Crippen LogP contribution in [0.3, 0.4) is 0 Å². The minimum atomic E-state index is 0.403. The van der Waals surface area contributed by atoms with Crippen molar-refractivity contribution in [3.8, 4) is 17.4 Å². The van der Waals surface area contributed by atoms with Crippen molar-refractivity contribution in [2.45, 2.75) is 0 Å². The Morgan fingerprint density at radius 2 is 1.50 bits per heavy atom. The van der Waals surface area contributed by atoms with Crippen molar-refractivity contribution >= 4 is 27.8 Å². The summed E-state index contributed by atoms with van der Waals surface area (Å²) in [7, 11) is 1.62. The first-order chi connectivity index (χ1) is 12.7. The van der Waals surface area contributed by atoms with E-state index in [2.05, 4.69) is 26.1 Å². The minimum absolute atomic E-state index is 0.403. The van der Waals surface area contributed by atoms with Crippen LogP contribution in [0.4, 0.5) is 0 Å². The molecular weight excluding hydrogens is 396 g/mol. The summed E-state index contributed by atoms with van der Waals surface area (Å²) in [6.07, 6.45) is 2.32. The van der Waals surface area contributed by atoms with Crippen LogP contribution in [-0.4, -0.2) is 23.6 Å². The van der Waals surface area contributed by atoms with E-state index in [9.17, 15) is 4.79 Å². The van der Waals surface area contributed by atoms with E-state index in [0.717, 1.165) is 28.7 Å². The highest BCUT2D eigenvalue weighted by Crippen LogP contribution is 2.27. The maximum atomic E-state index is 11.1. The van der Waals surface area contributed by atoms with E-state index in [-0.39, 0.29) is 0 Å². The zero-order chi connectivity index (χ0) is 18.4. The summed E-state index contributed by atoms with van der Waals surface area (Å²) in [4.78, 5) is 11.1. The number of hydrogen-bond donors (Lipinski definition) is 0. The molecular formula is C20H15BrN2O3.